The minimum absolute atomic E-state index is 0.0956. The molecule has 0 bridgehead atoms. The summed E-state index contributed by atoms with van der Waals surface area (Å²) in [5.74, 6) is -0.109. The minimum atomic E-state index is -1.27. The van der Waals surface area contributed by atoms with Crippen molar-refractivity contribution in [3.63, 3.8) is 0 Å². The van der Waals surface area contributed by atoms with E-state index in [1.165, 1.54) is 16.7 Å². The highest BCUT2D eigenvalue weighted by atomic mass is 16.3. The first-order chi connectivity index (χ1) is 12.0. The van der Waals surface area contributed by atoms with Gasteiger partial charge in [-0.3, -0.25) is 18.9 Å². The standard InChI is InChI=1S/C17H14N4O4/c1-17(12-5-4-8-25-12)15(23)21(16(24)19-17)10-11-9-14(22)20-7-3-2-6-13(20)18-11/h2-9H,10H2,1H3,(H,19,24)/t17-/m1/s1. The number of hydrogen-bond donors (Lipinski definition) is 1. The summed E-state index contributed by atoms with van der Waals surface area (Å²) in [5, 5.41) is 2.64. The molecule has 0 aromatic carbocycles. The second kappa shape index (κ2) is 5.30. The predicted octanol–water partition coefficient (Wildman–Crippen LogP) is 1.25. The number of pyridine rings is 1. The lowest BCUT2D eigenvalue weighted by molar-refractivity contribution is -0.132. The molecule has 1 saturated heterocycles. The van der Waals surface area contributed by atoms with Crippen LogP contribution in [0, 0.1) is 0 Å². The Balaban J connectivity index is 1.68. The van der Waals surface area contributed by atoms with Crippen molar-refractivity contribution in [3.8, 4) is 0 Å². The van der Waals surface area contributed by atoms with Crippen LogP contribution < -0.4 is 10.9 Å². The molecule has 25 heavy (non-hydrogen) atoms. The fourth-order valence-corrected chi connectivity index (χ4v) is 2.92. The van der Waals surface area contributed by atoms with Crippen molar-refractivity contribution < 1.29 is 14.0 Å². The van der Waals surface area contributed by atoms with E-state index in [4.69, 9.17) is 4.42 Å². The molecular weight excluding hydrogens is 324 g/mol. The molecule has 1 fully saturated rings. The molecule has 1 aliphatic rings. The Labute approximate surface area is 141 Å². The van der Waals surface area contributed by atoms with Crippen LogP contribution in [0.15, 0.2) is 58.1 Å². The van der Waals surface area contributed by atoms with Crippen LogP contribution in [0.1, 0.15) is 18.4 Å². The fourth-order valence-electron chi connectivity index (χ4n) is 2.92. The van der Waals surface area contributed by atoms with Crippen molar-refractivity contribution in [1.29, 1.82) is 0 Å². The number of nitrogens with one attached hydrogen (secondary N) is 1. The van der Waals surface area contributed by atoms with Gasteiger partial charge in [-0.2, -0.15) is 0 Å². The number of amides is 3. The van der Waals surface area contributed by atoms with Crippen LogP contribution >= 0.6 is 0 Å². The molecule has 0 spiro atoms. The van der Waals surface area contributed by atoms with Crippen molar-refractivity contribution in [3.05, 3.63) is 70.7 Å². The van der Waals surface area contributed by atoms with Gasteiger partial charge in [0.05, 0.1) is 18.5 Å². The Kier molecular flexibility index (Phi) is 3.21. The number of furan rings is 1. The molecule has 4 rings (SSSR count). The van der Waals surface area contributed by atoms with Crippen molar-refractivity contribution in [2.24, 2.45) is 0 Å². The van der Waals surface area contributed by atoms with Gasteiger partial charge in [0.1, 0.15) is 11.4 Å². The van der Waals surface area contributed by atoms with Gasteiger partial charge in [0.25, 0.3) is 11.5 Å². The van der Waals surface area contributed by atoms with Crippen molar-refractivity contribution >= 4 is 17.6 Å². The molecule has 0 unspecified atom stereocenters. The van der Waals surface area contributed by atoms with Gasteiger partial charge >= 0.3 is 6.03 Å². The maximum atomic E-state index is 12.8. The molecule has 1 aliphatic heterocycles. The highest BCUT2D eigenvalue weighted by Gasteiger charge is 2.51. The molecule has 8 heteroatoms. The van der Waals surface area contributed by atoms with Gasteiger partial charge in [-0.05, 0) is 31.2 Å². The molecule has 0 aliphatic carbocycles. The maximum Gasteiger partial charge on any atom is 0.325 e. The van der Waals surface area contributed by atoms with Crippen LogP contribution in [0.3, 0.4) is 0 Å². The van der Waals surface area contributed by atoms with Crippen LogP contribution in [-0.2, 0) is 16.9 Å². The van der Waals surface area contributed by atoms with Crippen LogP contribution in [0.4, 0.5) is 4.79 Å². The van der Waals surface area contributed by atoms with Gasteiger partial charge in [0.2, 0.25) is 0 Å². The molecule has 1 atom stereocenters. The fraction of sp³-hybridized carbons (Fsp3) is 0.176. The average Bonchev–Trinajstić information content (AvgIpc) is 3.20. The quantitative estimate of drug-likeness (QED) is 0.725. The summed E-state index contributed by atoms with van der Waals surface area (Å²) in [5.41, 5.74) is -0.761. The highest BCUT2D eigenvalue weighted by molar-refractivity contribution is 6.06. The van der Waals surface area contributed by atoms with Gasteiger partial charge in [0, 0.05) is 12.3 Å². The molecule has 0 radical (unpaired) electrons. The number of carbonyl (C=O) groups excluding carboxylic acids is 2. The third-order valence-corrected chi connectivity index (χ3v) is 4.23. The van der Waals surface area contributed by atoms with Gasteiger partial charge in [-0.1, -0.05) is 6.07 Å². The third-order valence-electron chi connectivity index (χ3n) is 4.23. The monoisotopic (exact) mass is 338 g/mol. The van der Waals surface area contributed by atoms with Crippen LogP contribution in [-0.4, -0.2) is 26.2 Å². The first-order valence-corrected chi connectivity index (χ1v) is 7.64. The second-order valence-corrected chi connectivity index (χ2v) is 5.94. The third kappa shape index (κ3) is 2.30. The Morgan fingerprint density at radius 2 is 2.04 bits per heavy atom. The Morgan fingerprint density at radius 1 is 1.20 bits per heavy atom. The summed E-state index contributed by atoms with van der Waals surface area (Å²) in [6.45, 7) is 1.48. The van der Waals surface area contributed by atoms with E-state index in [9.17, 15) is 14.4 Å². The van der Waals surface area contributed by atoms with Gasteiger partial charge < -0.3 is 9.73 Å². The molecule has 0 saturated carbocycles. The summed E-state index contributed by atoms with van der Waals surface area (Å²) in [6.07, 6.45) is 3.05. The van der Waals surface area contributed by atoms with E-state index < -0.39 is 17.5 Å². The smallest absolute Gasteiger partial charge is 0.325 e. The number of carbonyl (C=O) groups is 2. The molecule has 8 nitrogen and oxygen atoms in total. The molecule has 3 aromatic rings. The lowest BCUT2D eigenvalue weighted by Gasteiger charge is -2.18. The predicted molar refractivity (Wildman–Crippen MR) is 86.6 cm³/mol. The van der Waals surface area contributed by atoms with E-state index in [1.54, 1.807) is 43.5 Å². The van der Waals surface area contributed by atoms with Crippen LogP contribution in [0.25, 0.3) is 5.65 Å². The zero-order valence-electron chi connectivity index (χ0n) is 13.3. The number of fused-ring (bicyclic) bond motifs is 1. The van der Waals surface area contributed by atoms with Crippen LogP contribution in [0.5, 0.6) is 0 Å². The van der Waals surface area contributed by atoms with Gasteiger partial charge in [-0.25, -0.2) is 9.78 Å². The lowest BCUT2D eigenvalue weighted by Crippen LogP contribution is -2.40. The summed E-state index contributed by atoms with van der Waals surface area (Å²) in [4.78, 5) is 42.6. The largest absolute Gasteiger partial charge is 0.466 e. The van der Waals surface area contributed by atoms with E-state index in [0.29, 0.717) is 17.1 Å². The number of urea groups is 1. The zero-order valence-corrected chi connectivity index (χ0v) is 13.3. The minimum Gasteiger partial charge on any atom is -0.466 e. The molecule has 3 aromatic heterocycles. The average molecular weight is 338 g/mol. The van der Waals surface area contributed by atoms with E-state index in [0.717, 1.165) is 4.90 Å². The van der Waals surface area contributed by atoms with Crippen molar-refractivity contribution in [1.82, 2.24) is 19.6 Å². The van der Waals surface area contributed by atoms with E-state index in [1.807, 2.05) is 0 Å². The summed E-state index contributed by atoms with van der Waals surface area (Å²) in [6, 6.07) is 9.20. The number of nitrogens with zero attached hydrogens (tertiary/aromatic N) is 3. The van der Waals surface area contributed by atoms with E-state index in [2.05, 4.69) is 10.3 Å². The summed E-state index contributed by atoms with van der Waals surface area (Å²) in [7, 11) is 0. The van der Waals surface area contributed by atoms with Gasteiger partial charge in [0.15, 0.2) is 5.54 Å². The van der Waals surface area contributed by atoms with E-state index >= 15 is 0 Å². The first kappa shape index (κ1) is 15.1. The molecule has 126 valence electrons. The van der Waals surface area contributed by atoms with Crippen LogP contribution in [0.2, 0.25) is 0 Å². The normalized spacial score (nSPS) is 20.3. The summed E-state index contributed by atoms with van der Waals surface area (Å²) < 4.78 is 6.67. The highest BCUT2D eigenvalue weighted by Crippen LogP contribution is 2.29. The first-order valence-electron chi connectivity index (χ1n) is 7.64. The number of imide groups is 1. The van der Waals surface area contributed by atoms with Gasteiger partial charge in [-0.15, -0.1) is 0 Å². The maximum absolute atomic E-state index is 12.8. The molecule has 3 amide bonds. The molecular formula is C17H14N4O4. The Hall–Kier alpha value is -3.42. The second-order valence-electron chi connectivity index (χ2n) is 5.94. The number of rotatable bonds is 3. The molecule has 4 heterocycles. The topological polar surface area (TPSA) is 96.9 Å². The SMILES string of the molecule is C[C@]1(c2ccco2)NC(=O)N(Cc2cc(=O)n3ccccc3n2)C1=O. The van der Waals surface area contributed by atoms with E-state index in [-0.39, 0.29) is 12.1 Å². The summed E-state index contributed by atoms with van der Waals surface area (Å²) >= 11 is 0. The Bertz CT molecular complexity index is 1040. The zero-order chi connectivity index (χ0) is 17.6. The van der Waals surface area contributed by atoms with Crippen molar-refractivity contribution in [2.75, 3.05) is 0 Å². The van der Waals surface area contributed by atoms with Crippen molar-refractivity contribution in [2.45, 2.75) is 19.0 Å². The molecule has 1 N–H and O–H groups in total. The number of hydrogen-bond acceptors (Lipinski definition) is 5. The Morgan fingerprint density at radius 3 is 2.80 bits per heavy atom. The number of aromatic nitrogens is 2. The lowest BCUT2D eigenvalue weighted by atomic mass is 9.99.